The van der Waals surface area contributed by atoms with Gasteiger partial charge in [-0.05, 0) is 30.5 Å². The number of benzene rings is 1. The number of aryl methyl sites for hydroxylation is 1. The predicted octanol–water partition coefficient (Wildman–Crippen LogP) is 2.93. The Hall–Kier alpha value is -0.600. The highest BCUT2D eigenvalue weighted by Gasteiger charge is 1.91. The molecule has 0 aromatic heterocycles. The van der Waals surface area contributed by atoms with Gasteiger partial charge in [0.05, 0.1) is 6.61 Å². The maximum Gasteiger partial charge on any atom is 0.0612 e. The highest BCUT2D eigenvalue weighted by atomic mass is 79.9. The molecule has 0 heterocycles. The van der Waals surface area contributed by atoms with Crippen LogP contribution in [-0.4, -0.2) is 11.7 Å². The molecule has 0 saturated heterocycles. The molecule has 0 saturated carbocycles. The van der Waals surface area contributed by atoms with Crippen LogP contribution >= 0.6 is 15.9 Å². The van der Waals surface area contributed by atoms with Gasteiger partial charge in [0.15, 0.2) is 0 Å². The van der Waals surface area contributed by atoms with Crippen LogP contribution in [0.4, 0.5) is 0 Å². The summed E-state index contributed by atoms with van der Waals surface area (Å²) < 4.78 is 1.12. The number of aliphatic hydroxyl groups excluding tert-OH is 1. The summed E-state index contributed by atoms with van der Waals surface area (Å²) >= 11 is 3.43. The van der Waals surface area contributed by atoms with E-state index in [0.717, 1.165) is 17.3 Å². The van der Waals surface area contributed by atoms with Crippen molar-refractivity contribution in [2.45, 2.75) is 12.8 Å². The van der Waals surface area contributed by atoms with Crippen LogP contribution in [-0.2, 0) is 6.42 Å². The Morgan fingerprint density at radius 1 is 1.31 bits per heavy atom. The third-order valence-electron chi connectivity index (χ3n) is 1.76. The molecule has 1 aromatic rings. The molecular weight excluding hydrogens is 228 g/mol. The second-order valence-electron chi connectivity index (χ2n) is 2.82. The molecule has 1 N–H and O–H groups in total. The third kappa shape index (κ3) is 4.25. The van der Waals surface area contributed by atoms with E-state index in [2.05, 4.69) is 28.1 Å². The van der Waals surface area contributed by atoms with Gasteiger partial charge >= 0.3 is 0 Å². The summed E-state index contributed by atoms with van der Waals surface area (Å²) in [5, 5.41) is 8.51. The standard InChI is InChI=1S/C11H13BrO/c12-11-7-4-6-10(9-11)5-2-1-3-8-13/h1,3-4,6-7,9,13H,2,5,8H2/b3-1+. The molecule has 2 heteroatoms. The Bertz CT molecular complexity index is 281. The van der Waals surface area contributed by atoms with E-state index in [0.29, 0.717) is 0 Å². The van der Waals surface area contributed by atoms with E-state index in [-0.39, 0.29) is 6.61 Å². The molecule has 0 aliphatic carbocycles. The van der Waals surface area contributed by atoms with Gasteiger partial charge in [-0.3, -0.25) is 0 Å². The number of rotatable bonds is 4. The zero-order chi connectivity index (χ0) is 9.52. The van der Waals surface area contributed by atoms with Gasteiger partial charge < -0.3 is 5.11 Å². The van der Waals surface area contributed by atoms with Gasteiger partial charge in [-0.2, -0.15) is 0 Å². The first-order chi connectivity index (χ1) is 6.33. The zero-order valence-corrected chi connectivity index (χ0v) is 9.00. The molecule has 0 amide bonds. The fourth-order valence-electron chi connectivity index (χ4n) is 1.13. The van der Waals surface area contributed by atoms with E-state index in [1.807, 2.05) is 18.2 Å². The van der Waals surface area contributed by atoms with Crippen LogP contribution in [0.25, 0.3) is 0 Å². The lowest BCUT2D eigenvalue weighted by Gasteiger charge is -1.98. The minimum Gasteiger partial charge on any atom is -0.392 e. The second-order valence-corrected chi connectivity index (χ2v) is 3.74. The third-order valence-corrected chi connectivity index (χ3v) is 2.25. The molecule has 0 atom stereocenters. The van der Waals surface area contributed by atoms with E-state index < -0.39 is 0 Å². The maximum atomic E-state index is 8.51. The van der Waals surface area contributed by atoms with Gasteiger partial charge in [0.1, 0.15) is 0 Å². The van der Waals surface area contributed by atoms with E-state index in [1.165, 1.54) is 5.56 Å². The highest BCUT2D eigenvalue weighted by Crippen LogP contribution is 2.12. The largest absolute Gasteiger partial charge is 0.392 e. The minimum absolute atomic E-state index is 0.137. The second kappa shape index (κ2) is 5.95. The molecule has 0 aliphatic rings. The van der Waals surface area contributed by atoms with Crippen molar-refractivity contribution in [3.8, 4) is 0 Å². The molecule has 1 nitrogen and oxygen atoms in total. The quantitative estimate of drug-likeness (QED) is 0.803. The average molecular weight is 241 g/mol. The van der Waals surface area contributed by atoms with Crippen molar-refractivity contribution in [3.63, 3.8) is 0 Å². The Labute approximate surface area is 87.2 Å². The summed E-state index contributed by atoms with van der Waals surface area (Å²) in [6, 6.07) is 8.28. The number of hydrogen-bond donors (Lipinski definition) is 1. The van der Waals surface area contributed by atoms with Gasteiger partial charge in [-0.25, -0.2) is 0 Å². The highest BCUT2D eigenvalue weighted by molar-refractivity contribution is 9.10. The van der Waals surface area contributed by atoms with Crippen molar-refractivity contribution in [2.75, 3.05) is 6.61 Å². The van der Waals surface area contributed by atoms with Crippen LogP contribution in [0.2, 0.25) is 0 Å². The average Bonchev–Trinajstić information content (AvgIpc) is 2.13. The topological polar surface area (TPSA) is 20.2 Å². The lowest BCUT2D eigenvalue weighted by atomic mass is 10.1. The number of hydrogen-bond acceptors (Lipinski definition) is 1. The van der Waals surface area contributed by atoms with E-state index in [9.17, 15) is 0 Å². The van der Waals surface area contributed by atoms with Crippen LogP contribution in [0, 0.1) is 0 Å². The number of halogens is 1. The van der Waals surface area contributed by atoms with Gasteiger partial charge in [-0.15, -0.1) is 0 Å². The van der Waals surface area contributed by atoms with Gasteiger partial charge in [0.25, 0.3) is 0 Å². The molecule has 0 unspecified atom stereocenters. The van der Waals surface area contributed by atoms with Gasteiger partial charge in [-0.1, -0.05) is 40.2 Å². The molecule has 13 heavy (non-hydrogen) atoms. The Morgan fingerprint density at radius 3 is 2.85 bits per heavy atom. The molecule has 0 fully saturated rings. The summed E-state index contributed by atoms with van der Waals surface area (Å²) in [7, 11) is 0. The fourth-order valence-corrected chi connectivity index (χ4v) is 1.58. The molecular formula is C11H13BrO. The summed E-state index contributed by atoms with van der Waals surface area (Å²) in [5.74, 6) is 0. The maximum absolute atomic E-state index is 8.51. The SMILES string of the molecule is OC/C=C/CCc1cccc(Br)c1. The van der Waals surface area contributed by atoms with E-state index in [1.54, 1.807) is 6.08 Å². The van der Waals surface area contributed by atoms with Crippen molar-refractivity contribution < 1.29 is 5.11 Å². The fraction of sp³-hybridized carbons (Fsp3) is 0.273. The Morgan fingerprint density at radius 2 is 2.15 bits per heavy atom. The summed E-state index contributed by atoms with van der Waals surface area (Å²) in [6.07, 6.45) is 5.78. The van der Waals surface area contributed by atoms with Crippen LogP contribution in [0.1, 0.15) is 12.0 Å². The van der Waals surface area contributed by atoms with Crippen molar-refractivity contribution in [3.05, 3.63) is 46.5 Å². The van der Waals surface area contributed by atoms with Crippen LogP contribution in [0.15, 0.2) is 40.9 Å². The first-order valence-corrected chi connectivity index (χ1v) is 5.12. The van der Waals surface area contributed by atoms with E-state index >= 15 is 0 Å². The lowest BCUT2D eigenvalue weighted by molar-refractivity contribution is 0.342. The van der Waals surface area contributed by atoms with Gasteiger partial charge in [0, 0.05) is 4.47 Å². The molecule has 0 aliphatic heterocycles. The Balaban J connectivity index is 2.41. The Kier molecular flexibility index (Phi) is 4.79. The molecule has 0 bridgehead atoms. The van der Waals surface area contributed by atoms with Crippen LogP contribution in [0.3, 0.4) is 0 Å². The summed E-state index contributed by atoms with van der Waals surface area (Å²) in [5.41, 5.74) is 1.32. The monoisotopic (exact) mass is 240 g/mol. The van der Waals surface area contributed by atoms with Crippen molar-refractivity contribution >= 4 is 15.9 Å². The van der Waals surface area contributed by atoms with Crippen molar-refractivity contribution in [2.24, 2.45) is 0 Å². The van der Waals surface area contributed by atoms with Crippen molar-refractivity contribution in [1.82, 2.24) is 0 Å². The van der Waals surface area contributed by atoms with Crippen LogP contribution in [0.5, 0.6) is 0 Å². The molecule has 0 spiro atoms. The zero-order valence-electron chi connectivity index (χ0n) is 7.41. The molecule has 1 aromatic carbocycles. The van der Waals surface area contributed by atoms with Gasteiger partial charge in [0.2, 0.25) is 0 Å². The first kappa shape index (κ1) is 10.5. The van der Waals surface area contributed by atoms with E-state index in [4.69, 9.17) is 5.11 Å². The lowest BCUT2D eigenvalue weighted by Crippen LogP contribution is -1.83. The van der Waals surface area contributed by atoms with Crippen LogP contribution < -0.4 is 0 Å². The molecule has 70 valence electrons. The smallest absolute Gasteiger partial charge is 0.0612 e. The normalized spacial score (nSPS) is 10.9. The minimum atomic E-state index is 0.137. The summed E-state index contributed by atoms with van der Waals surface area (Å²) in [4.78, 5) is 0. The number of allylic oxidation sites excluding steroid dienone is 1. The van der Waals surface area contributed by atoms with Crippen molar-refractivity contribution in [1.29, 1.82) is 0 Å². The molecule has 0 radical (unpaired) electrons. The molecule has 1 rings (SSSR count). The summed E-state index contributed by atoms with van der Waals surface area (Å²) in [6.45, 7) is 0.137. The number of aliphatic hydroxyl groups is 1. The first-order valence-electron chi connectivity index (χ1n) is 4.33. The predicted molar refractivity (Wildman–Crippen MR) is 58.7 cm³/mol.